The molecular weight excluding hydrogens is 699 g/mol. The molecule has 0 unspecified atom stereocenters. The monoisotopic (exact) mass is 729 g/mol. The van der Waals surface area contributed by atoms with Crippen LogP contribution in [0.2, 0.25) is 0 Å². The van der Waals surface area contributed by atoms with Crippen LogP contribution >= 0.6 is 11.3 Å². The number of thiophene rings is 1. The summed E-state index contributed by atoms with van der Waals surface area (Å²) in [4.78, 5) is 10.9. The molecule has 0 aliphatic rings. The van der Waals surface area contributed by atoms with Crippen LogP contribution in [0.3, 0.4) is 0 Å². The number of nitrogens with zero attached hydrogens (tertiary/aromatic N) is 3. The normalized spacial score (nSPS) is 11.9. The lowest BCUT2D eigenvalue weighted by molar-refractivity contribution is 1.02. The van der Waals surface area contributed by atoms with Crippen molar-refractivity contribution in [3.63, 3.8) is 0 Å². The average Bonchev–Trinajstić information content (AvgIpc) is 3.83. The van der Waals surface area contributed by atoms with Crippen molar-refractivity contribution in [1.29, 1.82) is 0 Å². The summed E-state index contributed by atoms with van der Waals surface area (Å²) in [7, 11) is 0. The minimum absolute atomic E-state index is 0.654. The first-order chi connectivity index (χ1) is 27.8. The fourth-order valence-corrected chi connectivity index (χ4v) is 10.00. The standard InChI is InChI=1S/C52H31N3S/c1-2-14-32(15-3-1)49-42-23-8-10-26-45(42)53-52(54-49)55-50-36(24-13-25-43(50)48-40-21-6-4-18-37(40)38-19-5-7-22-41(38)51(48)55)35-17-12-16-33(30-35)34-28-29-47-44(31-34)39-20-9-11-27-46(39)56-47/h1-31H. The minimum Gasteiger partial charge on any atom is -0.277 e. The second-order valence-corrected chi connectivity index (χ2v) is 15.6. The lowest BCUT2D eigenvalue weighted by Gasteiger charge is -2.15. The number of fused-ring (bicyclic) bond motifs is 12. The van der Waals surface area contributed by atoms with Gasteiger partial charge in [0.2, 0.25) is 5.95 Å². The van der Waals surface area contributed by atoms with E-state index in [0.717, 1.165) is 44.3 Å². The van der Waals surface area contributed by atoms with Crippen LogP contribution in [0, 0.1) is 0 Å². The SMILES string of the molecule is c1ccc(-c2nc(-n3c4c(-c5cccc(-c6ccc7sc8ccccc8c7c6)c5)cccc4c4c5ccccc5c5ccccc5c43)nc3ccccc23)cc1. The van der Waals surface area contributed by atoms with Crippen molar-refractivity contribution in [3.8, 4) is 39.5 Å². The molecule has 0 N–H and O–H groups in total. The van der Waals surface area contributed by atoms with E-state index in [1.165, 1.54) is 63.6 Å². The molecule has 3 aromatic heterocycles. The second-order valence-electron chi connectivity index (χ2n) is 14.5. The Morgan fingerprint density at radius 2 is 0.964 bits per heavy atom. The Morgan fingerprint density at radius 1 is 0.357 bits per heavy atom. The number of benzene rings is 9. The highest BCUT2D eigenvalue weighted by molar-refractivity contribution is 7.25. The van der Waals surface area contributed by atoms with E-state index in [0.29, 0.717) is 5.95 Å². The van der Waals surface area contributed by atoms with Gasteiger partial charge in [0, 0.05) is 52.8 Å². The van der Waals surface area contributed by atoms with E-state index in [1.54, 1.807) is 0 Å². The van der Waals surface area contributed by atoms with Gasteiger partial charge in [-0.05, 0) is 63.2 Å². The summed E-state index contributed by atoms with van der Waals surface area (Å²) in [5, 5.41) is 10.9. The summed E-state index contributed by atoms with van der Waals surface area (Å²) in [5.74, 6) is 0.654. The molecule has 0 bridgehead atoms. The maximum absolute atomic E-state index is 5.50. The number of rotatable bonds is 4. The summed E-state index contributed by atoms with van der Waals surface area (Å²) in [6.45, 7) is 0. The van der Waals surface area contributed by atoms with Crippen LogP contribution in [0.25, 0.3) is 114 Å². The van der Waals surface area contributed by atoms with Crippen LogP contribution in [0.1, 0.15) is 0 Å². The van der Waals surface area contributed by atoms with E-state index in [4.69, 9.17) is 9.97 Å². The lowest BCUT2D eigenvalue weighted by atomic mass is 9.95. The molecule has 0 amide bonds. The Morgan fingerprint density at radius 3 is 1.82 bits per heavy atom. The van der Waals surface area contributed by atoms with Crippen LogP contribution in [-0.4, -0.2) is 14.5 Å². The Bertz CT molecular complexity index is 3540. The Labute approximate surface area is 326 Å². The smallest absolute Gasteiger partial charge is 0.235 e. The van der Waals surface area contributed by atoms with Crippen LogP contribution in [-0.2, 0) is 0 Å². The molecule has 9 aromatic carbocycles. The van der Waals surface area contributed by atoms with Crippen molar-refractivity contribution in [1.82, 2.24) is 14.5 Å². The van der Waals surface area contributed by atoms with E-state index in [2.05, 4.69) is 193 Å². The van der Waals surface area contributed by atoms with Gasteiger partial charge >= 0.3 is 0 Å². The zero-order valence-electron chi connectivity index (χ0n) is 30.1. The largest absolute Gasteiger partial charge is 0.277 e. The Hall–Kier alpha value is -7.14. The van der Waals surface area contributed by atoms with Gasteiger partial charge in [0.15, 0.2) is 0 Å². The van der Waals surface area contributed by atoms with Crippen molar-refractivity contribution < 1.29 is 0 Å². The summed E-state index contributed by atoms with van der Waals surface area (Å²) < 4.78 is 4.98. The van der Waals surface area contributed by atoms with Gasteiger partial charge in [-0.15, -0.1) is 11.3 Å². The Balaban J connectivity index is 1.20. The predicted octanol–water partition coefficient (Wildman–Crippen LogP) is 14.4. The zero-order valence-corrected chi connectivity index (χ0v) is 31.0. The van der Waals surface area contributed by atoms with E-state index < -0.39 is 0 Å². The van der Waals surface area contributed by atoms with Gasteiger partial charge in [0.05, 0.1) is 22.2 Å². The molecule has 12 rings (SSSR count). The summed E-state index contributed by atoms with van der Waals surface area (Å²) in [6, 6.07) is 67.8. The quantitative estimate of drug-likeness (QED) is 0.169. The number of hydrogen-bond acceptors (Lipinski definition) is 3. The highest BCUT2D eigenvalue weighted by Gasteiger charge is 2.24. The fourth-order valence-electron chi connectivity index (χ4n) is 8.91. The summed E-state index contributed by atoms with van der Waals surface area (Å²) in [6.07, 6.45) is 0. The first kappa shape index (κ1) is 31.2. The molecule has 0 radical (unpaired) electrons. The van der Waals surface area contributed by atoms with Crippen molar-refractivity contribution in [2.24, 2.45) is 0 Å². The fraction of sp³-hybridized carbons (Fsp3) is 0. The van der Waals surface area contributed by atoms with Gasteiger partial charge in [0.25, 0.3) is 0 Å². The first-order valence-corrected chi connectivity index (χ1v) is 19.8. The van der Waals surface area contributed by atoms with Gasteiger partial charge in [-0.3, -0.25) is 4.57 Å². The molecule has 0 aliphatic carbocycles. The highest BCUT2D eigenvalue weighted by Crippen LogP contribution is 2.45. The molecule has 56 heavy (non-hydrogen) atoms. The molecule has 4 heteroatoms. The maximum atomic E-state index is 5.50. The topological polar surface area (TPSA) is 30.7 Å². The molecular formula is C52H31N3S. The van der Waals surface area contributed by atoms with Crippen LogP contribution in [0.5, 0.6) is 0 Å². The number of hydrogen-bond donors (Lipinski definition) is 0. The van der Waals surface area contributed by atoms with Gasteiger partial charge in [-0.1, -0.05) is 158 Å². The zero-order chi connectivity index (χ0) is 36.7. The van der Waals surface area contributed by atoms with Crippen molar-refractivity contribution in [3.05, 3.63) is 188 Å². The lowest BCUT2D eigenvalue weighted by Crippen LogP contribution is -2.04. The van der Waals surface area contributed by atoms with Crippen molar-refractivity contribution in [2.45, 2.75) is 0 Å². The third kappa shape index (κ3) is 4.63. The van der Waals surface area contributed by atoms with Crippen LogP contribution < -0.4 is 0 Å². The van der Waals surface area contributed by atoms with Crippen LogP contribution in [0.15, 0.2) is 188 Å². The number of aromatic nitrogens is 3. The van der Waals surface area contributed by atoms with Crippen molar-refractivity contribution >= 4 is 85.8 Å². The molecule has 3 heterocycles. The molecule has 3 nitrogen and oxygen atoms in total. The Kier molecular flexibility index (Phi) is 6.80. The molecule has 0 aliphatic heterocycles. The summed E-state index contributed by atoms with van der Waals surface area (Å²) >= 11 is 1.86. The van der Waals surface area contributed by atoms with Gasteiger partial charge in [-0.2, -0.15) is 0 Å². The predicted molar refractivity (Wildman–Crippen MR) is 238 cm³/mol. The van der Waals surface area contributed by atoms with Crippen LogP contribution in [0.4, 0.5) is 0 Å². The molecule has 260 valence electrons. The molecule has 12 aromatic rings. The third-order valence-corrected chi connectivity index (χ3v) is 12.5. The van der Waals surface area contributed by atoms with Crippen molar-refractivity contribution in [2.75, 3.05) is 0 Å². The molecule has 0 spiro atoms. The second kappa shape index (κ2) is 12.2. The van der Waals surface area contributed by atoms with E-state index in [9.17, 15) is 0 Å². The first-order valence-electron chi connectivity index (χ1n) is 19.0. The third-order valence-electron chi connectivity index (χ3n) is 11.4. The molecule has 0 saturated heterocycles. The molecule has 0 fully saturated rings. The van der Waals surface area contributed by atoms with E-state index in [-0.39, 0.29) is 0 Å². The minimum atomic E-state index is 0.654. The number of para-hydroxylation sites is 2. The van der Waals surface area contributed by atoms with E-state index >= 15 is 0 Å². The van der Waals surface area contributed by atoms with E-state index in [1.807, 2.05) is 11.3 Å². The molecule has 0 atom stereocenters. The molecule has 0 saturated carbocycles. The van der Waals surface area contributed by atoms with Gasteiger partial charge in [-0.25, -0.2) is 9.97 Å². The average molecular weight is 730 g/mol. The van der Waals surface area contributed by atoms with Gasteiger partial charge in [0.1, 0.15) is 0 Å². The highest BCUT2D eigenvalue weighted by atomic mass is 32.1. The maximum Gasteiger partial charge on any atom is 0.235 e. The van der Waals surface area contributed by atoms with Gasteiger partial charge < -0.3 is 0 Å². The summed E-state index contributed by atoms with van der Waals surface area (Å²) in [5.41, 5.74) is 9.76.